The second-order valence-electron chi connectivity index (χ2n) is 7.71. The largest absolute Gasteiger partial charge is 0.339 e. The van der Waals surface area contributed by atoms with E-state index in [0.29, 0.717) is 25.6 Å². The predicted octanol–water partition coefficient (Wildman–Crippen LogP) is 4.39. The van der Waals surface area contributed by atoms with Gasteiger partial charge in [0, 0.05) is 38.5 Å². The van der Waals surface area contributed by atoms with Gasteiger partial charge in [-0.2, -0.15) is 0 Å². The molecule has 0 N–H and O–H groups in total. The molecule has 0 bridgehead atoms. The summed E-state index contributed by atoms with van der Waals surface area (Å²) >= 11 is 0. The third-order valence-corrected chi connectivity index (χ3v) is 5.38. The van der Waals surface area contributed by atoms with E-state index in [-0.39, 0.29) is 17.9 Å². The molecule has 0 heterocycles. The first-order chi connectivity index (χ1) is 12.5. The summed E-state index contributed by atoms with van der Waals surface area (Å²) in [7, 11) is 0. The van der Waals surface area contributed by atoms with Crippen LogP contribution in [-0.4, -0.2) is 40.2 Å². The first-order valence-electron chi connectivity index (χ1n) is 10.1. The molecule has 1 fully saturated rings. The molecule has 4 heteroatoms. The summed E-state index contributed by atoms with van der Waals surface area (Å²) in [5.41, 5.74) is 1.14. The van der Waals surface area contributed by atoms with E-state index >= 15 is 0 Å². The minimum atomic E-state index is 0.101. The molecule has 26 heavy (non-hydrogen) atoms. The van der Waals surface area contributed by atoms with Crippen LogP contribution in [0.5, 0.6) is 0 Å². The number of nitrogens with zero attached hydrogens (tertiary/aromatic N) is 2. The van der Waals surface area contributed by atoms with Crippen molar-refractivity contribution < 1.29 is 9.59 Å². The topological polar surface area (TPSA) is 40.6 Å². The maximum absolute atomic E-state index is 12.9. The Morgan fingerprint density at radius 2 is 1.65 bits per heavy atom. The van der Waals surface area contributed by atoms with Gasteiger partial charge in [0.25, 0.3) is 0 Å². The monoisotopic (exact) mass is 358 g/mol. The van der Waals surface area contributed by atoms with Gasteiger partial charge in [0.1, 0.15) is 0 Å². The Balaban J connectivity index is 1.96. The van der Waals surface area contributed by atoms with E-state index in [1.165, 1.54) is 25.7 Å². The van der Waals surface area contributed by atoms with Crippen LogP contribution in [0, 0.1) is 0 Å². The van der Waals surface area contributed by atoms with Crippen molar-refractivity contribution in [1.82, 2.24) is 9.80 Å². The summed E-state index contributed by atoms with van der Waals surface area (Å²) in [6.45, 7) is 6.90. The van der Waals surface area contributed by atoms with Crippen LogP contribution in [0.1, 0.15) is 71.3 Å². The Morgan fingerprint density at radius 3 is 2.19 bits per heavy atom. The highest BCUT2D eigenvalue weighted by atomic mass is 16.2. The van der Waals surface area contributed by atoms with Crippen LogP contribution in [0.4, 0.5) is 0 Å². The average Bonchev–Trinajstić information content (AvgIpc) is 2.89. The van der Waals surface area contributed by atoms with Crippen molar-refractivity contribution in [1.29, 1.82) is 0 Å². The van der Waals surface area contributed by atoms with Gasteiger partial charge in [-0.15, -0.1) is 0 Å². The Hall–Kier alpha value is -1.84. The van der Waals surface area contributed by atoms with E-state index in [1.807, 2.05) is 28.0 Å². The highest BCUT2D eigenvalue weighted by molar-refractivity contribution is 5.78. The van der Waals surface area contributed by atoms with Crippen molar-refractivity contribution in [3.63, 3.8) is 0 Å². The van der Waals surface area contributed by atoms with Crippen LogP contribution in [0.25, 0.3) is 0 Å². The first kappa shape index (κ1) is 20.5. The number of carbonyl (C=O) groups is 2. The molecule has 1 saturated carbocycles. The SMILES string of the molecule is CC(=O)N(CCC(=O)N(Cc1ccccc1)C(C)C)C1CCCCCC1. The average molecular weight is 359 g/mol. The van der Waals surface area contributed by atoms with Crippen LogP contribution in [0.15, 0.2) is 30.3 Å². The molecule has 1 aromatic carbocycles. The van der Waals surface area contributed by atoms with Gasteiger partial charge in [-0.05, 0) is 32.3 Å². The molecule has 1 aliphatic carbocycles. The van der Waals surface area contributed by atoms with E-state index < -0.39 is 0 Å². The summed E-state index contributed by atoms with van der Waals surface area (Å²) in [5, 5.41) is 0. The zero-order chi connectivity index (χ0) is 18.9. The van der Waals surface area contributed by atoms with Crippen molar-refractivity contribution in [2.75, 3.05) is 6.54 Å². The van der Waals surface area contributed by atoms with Crippen molar-refractivity contribution in [2.24, 2.45) is 0 Å². The van der Waals surface area contributed by atoms with E-state index in [0.717, 1.165) is 18.4 Å². The third-order valence-electron chi connectivity index (χ3n) is 5.38. The molecule has 0 radical (unpaired) electrons. The minimum Gasteiger partial charge on any atom is -0.339 e. The van der Waals surface area contributed by atoms with E-state index in [4.69, 9.17) is 0 Å². The molecular weight excluding hydrogens is 324 g/mol. The van der Waals surface area contributed by atoms with Crippen molar-refractivity contribution >= 4 is 11.8 Å². The summed E-state index contributed by atoms with van der Waals surface area (Å²) < 4.78 is 0. The van der Waals surface area contributed by atoms with Gasteiger partial charge in [-0.3, -0.25) is 9.59 Å². The Morgan fingerprint density at radius 1 is 1.04 bits per heavy atom. The lowest BCUT2D eigenvalue weighted by atomic mass is 10.1. The Labute approximate surface area is 158 Å². The molecule has 2 rings (SSSR count). The van der Waals surface area contributed by atoms with Crippen LogP contribution in [-0.2, 0) is 16.1 Å². The van der Waals surface area contributed by atoms with Crippen LogP contribution in [0.3, 0.4) is 0 Å². The van der Waals surface area contributed by atoms with Gasteiger partial charge in [-0.25, -0.2) is 0 Å². The fourth-order valence-electron chi connectivity index (χ4n) is 3.87. The van der Waals surface area contributed by atoms with Crippen LogP contribution in [0.2, 0.25) is 0 Å². The lowest BCUT2D eigenvalue weighted by molar-refractivity contribution is -0.136. The molecule has 0 saturated heterocycles. The van der Waals surface area contributed by atoms with Gasteiger partial charge in [0.2, 0.25) is 11.8 Å². The first-order valence-corrected chi connectivity index (χ1v) is 10.1. The fraction of sp³-hybridized carbons (Fsp3) is 0.636. The molecular formula is C22H34N2O2. The Bertz CT molecular complexity index is 563. The summed E-state index contributed by atoms with van der Waals surface area (Å²) in [6.07, 6.45) is 7.46. The van der Waals surface area contributed by atoms with E-state index in [2.05, 4.69) is 26.0 Å². The van der Waals surface area contributed by atoms with Gasteiger partial charge >= 0.3 is 0 Å². The number of hydrogen-bond donors (Lipinski definition) is 0. The molecule has 1 aromatic rings. The fourth-order valence-corrected chi connectivity index (χ4v) is 3.87. The second-order valence-corrected chi connectivity index (χ2v) is 7.71. The van der Waals surface area contributed by atoms with Gasteiger partial charge in [0.05, 0.1) is 0 Å². The van der Waals surface area contributed by atoms with Gasteiger partial charge < -0.3 is 9.80 Å². The predicted molar refractivity (Wildman–Crippen MR) is 106 cm³/mol. The maximum Gasteiger partial charge on any atom is 0.224 e. The standard InChI is InChI=1S/C22H34N2O2/c1-18(2)24(17-20-11-7-6-8-12-20)22(26)15-16-23(19(3)25)21-13-9-4-5-10-14-21/h6-8,11-12,18,21H,4-5,9-10,13-17H2,1-3H3. The third kappa shape index (κ3) is 6.15. The highest BCUT2D eigenvalue weighted by Gasteiger charge is 2.24. The summed E-state index contributed by atoms with van der Waals surface area (Å²) in [4.78, 5) is 28.9. The number of carbonyl (C=O) groups excluding carboxylic acids is 2. The molecule has 0 aromatic heterocycles. The summed E-state index contributed by atoms with van der Waals surface area (Å²) in [5.74, 6) is 0.229. The number of hydrogen-bond acceptors (Lipinski definition) is 2. The number of rotatable bonds is 7. The molecule has 144 valence electrons. The second kappa shape index (κ2) is 10.3. The summed E-state index contributed by atoms with van der Waals surface area (Å²) in [6, 6.07) is 10.6. The molecule has 0 aliphatic heterocycles. The maximum atomic E-state index is 12.9. The lowest BCUT2D eigenvalue weighted by Gasteiger charge is -2.32. The molecule has 1 aliphatic rings. The lowest BCUT2D eigenvalue weighted by Crippen LogP contribution is -2.43. The van der Waals surface area contributed by atoms with E-state index in [9.17, 15) is 9.59 Å². The van der Waals surface area contributed by atoms with Gasteiger partial charge in [0.15, 0.2) is 0 Å². The molecule has 0 atom stereocenters. The molecule has 2 amide bonds. The minimum absolute atomic E-state index is 0.101. The quantitative estimate of drug-likeness (QED) is 0.679. The van der Waals surface area contributed by atoms with Crippen LogP contribution < -0.4 is 0 Å². The number of amides is 2. The van der Waals surface area contributed by atoms with Crippen LogP contribution >= 0.6 is 0 Å². The Kier molecular flexibility index (Phi) is 8.14. The normalized spacial score (nSPS) is 15.5. The van der Waals surface area contributed by atoms with Crippen molar-refractivity contribution in [3.8, 4) is 0 Å². The number of benzene rings is 1. The highest BCUT2D eigenvalue weighted by Crippen LogP contribution is 2.22. The van der Waals surface area contributed by atoms with E-state index in [1.54, 1.807) is 6.92 Å². The van der Waals surface area contributed by atoms with Crippen molar-refractivity contribution in [2.45, 2.75) is 84.3 Å². The van der Waals surface area contributed by atoms with Crippen molar-refractivity contribution in [3.05, 3.63) is 35.9 Å². The molecule has 0 spiro atoms. The zero-order valence-electron chi connectivity index (χ0n) is 16.6. The smallest absolute Gasteiger partial charge is 0.224 e. The zero-order valence-corrected chi connectivity index (χ0v) is 16.6. The van der Waals surface area contributed by atoms with Gasteiger partial charge in [-0.1, -0.05) is 56.0 Å². The molecule has 4 nitrogen and oxygen atoms in total. The molecule has 0 unspecified atom stereocenters.